The minimum atomic E-state index is -0.230. The van der Waals surface area contributed by atoms with Gasteiger partial charge in [0.15, 0.2) is 0 Å². The van der Waals surface area contributed by atoms with E-state index in [0.717, 1.165) is 32.4 Å². The Kier molecular flexibility index (Phi) is 4.00. The fraction of sp³-hybridized carbons (Fsp3) is 0.933. The van der Waals surface area contributed by atoms with Crippen molar-refractivity contribution < 1.29 is 4.79 Å². The standard InChI is InChI=1S/C15H28N2O/c1-14(2)7-6-10-17(12-14)13(18)15(11-16)8-4-3-5-9-15/h3-12,16H2,1-2H3. The summed E-state index contributed by atoms with van der Waals surface area (Å²) >= 11 is 0. The maximum absolute atomic E-state index is 12.8. The summed E-state index contributed by atoms with van der Waals surface area (Å²) in [6, 6.07) is 0. The highest BCUT2D eigenvalue weighted by Gasteiger charge is 2.42. The Balaban J connectivity index is 2.09. The van der Waals surface area contributed by atoms with Crippen molar-refractivity contribution in [3.8, 4) is 0 Å². The van der Waals surface area contributed by atoms with Gasteiger partial charge in [0.2, 0.25) is 5.91 Å². The molecule has 0 aromatic heterocycles. The van der Waals surface area contributed by atoms with Crippen molar-refractivity contribution in [2.75, 3.05) is 19.6 Å². The first-order chi connectivity index (χ1) is 8.49. The maximum atomic E-state index is 12.8. The molecule has 1 amide bonds. The van der Waals surface area contributed by atoms with Crippen LogP contribution in [0.25, 0.3) is 0 Å². The molecule has 1 saturated carbocycles. The van der Waals surface area contributed by atoms with Gasteiger partial charge < -0.3 is 10.6 Å². The molecule has 3 heteroatoms. The number of nitrogens with zero attached hydrogens (tertiary/aromatic N) is 1. The third-order valence-corrected chi connectivity index (χ3v) is 4.84. The lowest BCUT2D eigenvalue weighted by molar-refractivity contribution is -0.146. The number of carbonyl (C=O) groups excluding carboxylic acids is 1. The molecule has 0 atom stereocenters. The van der Waals surface area contributed by atoms with Crippen molar-refractivity contribution in [1.82, 2.24) is 4.90 Å². The molecule has 3 nitrogen and oxygen atoms in total. The first-order valence-corrected chi connectivity index (χ1v) is 7.49. The van der Waals surface area contributed by atoms with Gasteiger partial charge in [0, 0.05) is 19.6 Å². The molecule has 0 spiro atoms. The van der Waals surface area contributed by atoms with E-state index in [1.807, 2.05) is 0 Å². The first-order valence-electron chi connectivity index (χ1n) is 7.49. The molecule has 18 heavy (non-hydrogen) atoms. The van der Waals surface area contributed by atoms with E-state index in [1.165, 1.54) is 25.7 Å². The van der Waals surface area contributed by atoms with Crippen molar-refractivity contribution in [3.05, 3.63) is 0 Å². The summed E-state index contributed by atoms with van der Waals surface area (Å²) in [5, 5.41) is 0. The summed E-state index contributed by atoms with van der Waals surface area (Å²) in [7, 11) is 0. The van der Waals surface area contributed by atoms with Crippen LogP contribution in [0.4, 0.5) is 0 Å². The maximum Gasteiger partial charge on any atom is 0.230 e. The van der Waals surface area contributed by atoms with Crippen LogP contribution in [0.15, 0.2) is 0 Å². The van der Waals surface area contributed by atoms with Crippen molar-refractivity contribution in [2.24, 2.45) is 16.6 Å². The number of nitrogens with two attached hydrogens (primary N) is 1. The molecule has 2 fully saturated rings. The summed E-state index contributed by atoms with van der Waals surface area (Å²) in [5.74, 6) is 0.345. The highest BCUT2D eigenvalue weighted by atomic mass is 16.2. The molecule has 1 saturated heterocycles. The third-order valence-electron chi connectivity index (χ3n) is 4.84. The molecule has 1 aliphatic heterocycles. The Morgan fingerprint density at radius 1 is 1.11 bits per heavy atom. The Labute approximate surface area is 111 Å². The second-order valence-corrected chi connectivity index (χ2v) is 7.04. The van der Waals surface area contributed by atoms with Crippen LogP contribution in [0, 0.1) is 10.8 Å². The zero-order valence-corrected chi connectivity index (χ0v) is 12.0. The largest absolute Gasteiger partial charge is 0.342 e. The molecule has 1 heterocycles. The van der Waals surface area contributed by atoms with Crippen LogP contribution in [0.1, 0.15) is 58.8 Å². The second-order valence-electron chi connectivity index (χ2n) is 7.04. The monoisotopic (exact) mass is 252 g/mol. The van der Waals surface area contributed by atoms with E-state index in [0.29, 0.717) is 12.5 Å². The first kappa shape index (κ1) is 13.9. The summed E-state index contributed by atoms with van der Waals surface area (Å²) in [6.45, 7) is 6.91. The fourth-order valence-electron chi connectivity index (χ4n) is 3.67. The van der Waals surface area contributed by atoms with Crippen molar-refractivity contribution in [1.29, 1.82) is 0 Å². The molecular formula is C15H28N2O. The lowest BCUT2D eigenvalue weighted by Crippen LogP contribution is -2.53. The molecule has 0 unspecified atom stereocenters. The highest BCUT2D eigenvalue weighted by Crippen LogP contribution is 2.39. The molecular weight excluding hydrogens is 224 g/mol. The van der Waals surface area contributed by atoms with Gasteiger partial charge in [-0.25, -0.2) is 0 Å². The van der Waals surface area contributed by atoms with E-state index in [1.54, 1.807) is 0 Å². The van der Waals surface area contributed by atoms with E-state index < -0.39 is 0 Å². The lowest BCUT2D eigenvalue weighted by atomic mass is 9.72. The Morgan fingerprint density at radius 2 is 1.78 bits per heavy atom. The van der Waals surface area contributed by atoms with Gasteiger partial charge in [-0.3, -0.25) is 4.79 Å². The number of hydrogen-bond acceptors (Lipinski definition) is 2. The van der Waals surface area contributed by atoms with Gasteiger partial charge >= 0.3 is 0 Å². The molecule has 0 aromatic carbocycles. The summed E-state index contributed by atoms with van der Waals surface area (Å²) < 4.78 is 0. The van der Waals surface area contributed by atoms with Crippen molar-refractivity contribution >= 4 is 5.91 Å². The zero-order chi connectivity index (χ0) is 13.2. The van der Waals surface area contributed by atoms with Crippen LogP contribution in [0.2, 0.25) is 0 Å². The number of hydrogen-bond donors (Lipinski definition) is 1. The molecule has 1 aliphatic carbocycles. The Bertz CT molecular complexity index is 306. The molecule has 2 N–H and O–H groups in total. The number of amides is 1. The molecule has 104 valence electrons. The SMILES string of the molecule is CC1(C)CCCN(C(=O)C2(CN)CCCCC2)C1. The summed E-state index contributed by atoms with van der Waals surface area (Å²) in [4.78, 5) is 14.9. The van der Waals surface area contributed by atoms with Crippen LogP contribution in [-0.4, -0.2) is 30.4 Å². The number of likely N-dealkylation sites (tertiary alicyclic amines) is 1. The van der Waals surface area contributed by atoms with Gasteiger partial charge in [-0.1, -0.05) is 33.1 Å². The minimum absolute atomic E-state index is 0.230. The fourth-order valence-corrected chi connectivity index (χ4v) is 3.67. The van der Waals surface area contributed by atoms with E-state index >= 15 is 0 Å². The van der Waals surface area contributed by atoms with Crippen LogP contribution in [0.5, 0.6) is 0 Å². The zero-order valence-electron chi connectivity index (χ0n) is 12.0. The number of carbonyl (C=O) groups is 1. The lowest BCUT2D eigenvalue weighted by Gasteiger charge is -2.44. The second kappa shape index (κ2) is 5.20. The smallest absolute Gasteiger partial charge is 0.230 e. The van der Waals surface area contributed by atoms with Gasteiger partial charge in [0.25, 0.3) is 0 Å². The van der Waals surface area contributed by atoms with Crippen LogP contribution < -0.4 is 5.73 Å². The molecule has 0 aromatic rings. The van der Waals surface area contributed by atoms with Crippen LogP contribution >= 0.6 is 0 Å². The topological polar surface area (TPSA) is 46.3 Å². The van der Waals surface area contributed by atoms with Crippen molar-refractivity contribution in [3.63, 3.8) is 0 Å². The summed E-state index contributed by atoms with van der Waals surface area (Å²) in [6.07, 6.45) is 7.96. The molecule has 0 bridgehead atoms. The molecule has 2 rings (SSSR count). The third kappa shape index (κ3) is 2.71. The average Bonchev–Trinajstić information content (AvgIpc) is 2.37. The van der Waals surface area contributed by atoms with Gasteiger partial charge in [-0.05, 0) is 31.1 Å². The minimum Gasteiger partial charge on any atom is -0.342 e. The van der Waals surface area contributed by atoms with Gasteiger partial charge in [0.05, 0.1) is 5.41 Å². The van der Waals surface area contributed by atoms with E-state index in [4.69, 9.17) is 5.73 Å². The average molecular weight is 252 g/mol. The van der Waals surface area contributed by atoms with Crippen LogP contribution in [0.3, 0.4) is 0 Å². The van der Waals surface area contributed by atoms with E-state index in [-0.39, 0.29) is 10.8 Å². The van der Waals surface area contributed by atoms with E-state index in [9.17, 15) is 4.79 Å². The highest BCUT2D eigenvalue weighted by molar-refractivity contribution is 5.83. The quantitative estimate of drug-likeness (QED) is 0.821. The Hall–Kier alpha value is -0.570. The van der Waals surface area contributed by atoms with Gasteiger partial charge in [0.1, 0.15) is 0 Å². The predicted octanol–water partition coefficient (Wildman–Crippen LogP) is 2.54. The van der Waals surface area contributed by atoms with Crippen LogP contribution in [-0.2, 0) is 4.79 Å². The predicted molar refractivity (Wildman–Crippen MR) is 74.2 cm³/mol. The Morgan fingerprint density at radius 3 is 2.33 bits per heavy atom. The van der Waals surface area contributed by atoms with Crippen molar-refractivity contribution in [2.45, 2.75) is 58.8 Å². The number of rotatable bonds is 2. The normalized spacial score (nSPS) is 26.9. The van der Waals surface area contributed by atoms with Gasteiger partial charge in [-0.15, -0.1) is 0 Å². The van der Waals surface area contributed by atoms with Gasteiger partial charge in [-0.2, -0.15) is 0 Å². The molecule has 0 radical (unpaired) electrons. The summed E-state index contributed by atoms with van der Waals surface area (Å²) in [5.41, 5.74) is 6.01. The molecule has 2 aliphatic rings. The van der Waals surface area contributed by atoms with E-state index in [2.05, 4.69) is 18.7 Å². The number of piperidine rings is 1.